The molecule has 2 aromatic rings. The Bertz CT molecular complexity index is 1540. The number of aromatic nitrogens is 1. The van der Waals surface area contributed by atoms with E-state index in [9.17, 15) is 40.0 Å². The lowest BCUT2D eigenvalue weighted by Crippen LogP contribution is -2.48. The monoisotopic (exact) mass is 588 g/mol. The first-order valence-electron chi connectivity index (χ1n) is 12.0. The van der Waals surface area contributed by atoms with Gasteiger partial charge in [0.25, 0.3) is 5.25 Å². The molecule has 1 aliphatic heterocycles. The van der Waals surface area contributed by atoms with Crippen LogP contribution in [0.25, 0.3) is 5.57 Å². The van der Waals surface area contributed by atoms with E-state index in [1.54, 1.807) is 18.2 Å². The third-order valence-corrected chi connectivity index (χ3v) is 8.67. The minimum atomic E-state index is -6.09. The van der Waals surface area contributed by atoms with Gasteiger partial charge in [-0.3, -0.25) is 5.21 Å². The summed E-state index contributed by atoms with van der Waals surface area (Å²) in [6.45, 7) is 7.43. The molecule has 0 bridgehead atoms. The summed E-state index contributed by atoms with van der Waals surface area (Å²) in [4.78, 5) is 1.74. The highest BCUT2D eigenvalue weighted by Gasteiger charge is 2.64. The number of rotatable bonds is 4. The Morgan fingerprint density at radius 1 is 1.02 bits per heavy atom. The molecule has 0 atom stereocenters. The lowest BCUT2D eigenvalue weighted by Gasteiger charge is -2.29. The van der Waals surface area contributed by atoms with Crippen molar-refractivity contribution in [3.8, 4) is 5.75 Å². The number of nitrogens with one attached hydrogen (secondary N) is 1. The van der Waals surface area contributed by atoms with Gasteiger partial charge in [0.05, 0.1) is 4.91 Å². The van der Waals surface area contributed by atoms with Crippen LogP contribution in [0.4, 0.5) is 32.2 Å². The number of alkyl halides is 6. The third kappa shape index (κ3) is 5.57. The summed E-state index contributed by atoms with van der Waals surface area (Å²) in [5.74, 6) is 0.534. The van der Waals surface area contributed by atoms with Gasteiger partial charge in [0, 0.05) is 29.5 Å². The van der Waals surface area contributed by atoms with Crippen molar-refractivity contribution in [3.63, 3.8) is 0 Å². The van der Waals surface area contributed by atoms with Crippen molar-refractivity contribution in [3.05, 3.63) is 87.8 Å². The molecule has 1 aromatic carbocycles. The number of aromatic amines is 1. The molecule has 0 saturated carbocycles. The van der Waals surface area contributed by atoms with Crippen molar-refractivity contribution in [2.45, 2.75) is 57.1 Å². The van der Waals surface area contributed by atoms with E-state index in [1.165, 1.54) is 25.3 Å². The number of hydroxylamine groups is 1. The van der Waals surface area contributed by atoms with Crippen LogP contribution in [0.15, 0.2) is 76.7 Å². The number of halogens is 6. The molecule has 0 unspecified atom stereocenters. The fraction of sp³-hybridized carbons (Fsp3) is 0.333. The van der Waals surface area contributed by atoms with Gasteiger partial charge in [0.2, 0.25) is 0 Å². The number of anilines is 1. The number of H-pyrrole nitrogens is 1. The second-order valence-electron chi connectivity index (χ2n) is 10.5. The van der Waals surface area contributed by atoms with Crippen LogP contribution >= 0.6 is 0 Å². The standard InChI is InChI=1S/C27H26F6N2O4S/c1-15-12-20(19-10-11-34-23(19)35(15)36)21-14-18(40(37,38)24(26(28,29)30)27(31,32)33)8-9-22(21)39-17-7-5-6-16(13-17)25(2,3)4/h5-13,24,34,36H,14H2,1-4H3. The van der Waals surface area contributed by atoms with Crippen LogP contribution < -0.4 is 9.80 Å². The number of fused-ring (bicyclic) bond motifs is 1. The summed E-state index contributed by atoms with van der Waals surface area (Å²) in [6, 6.07) is 8.49. The summed E-state index contributed by atoms with van der Waals surface area (Å²) >= 11 is 0. The van der Waals surface area contributed by atoms with Gasteiger partial charge in [0.15, 0.2) is 9.84 Å². The van der Waals surface area contributed by atoms with Crippen LogP contribution in [0.1, 0.15) is 45.2 Å². The summed E-state index contributed by atoms with van der Waals surface area (Å²) in [7, 11) is -5.93. The second kappa shape index (κ2) is 9.88. The molecule has 0 fully saturated rings. The van der Waals surface area contributed by atoms with E-state index in [0.717, 1.165) is 16.7 Å². The van der Waals surface area contributed by atoms with E-state index >= 15 is 0 Å². The molecule has 13 heteroatoms. The average molecular weight is 589 g/mol. The molecule has 40 heavy (non-hydrogen) atoms. The zero-order valence-electron chi connectivity index (χ0n) is 21.8. The quantitative estimate of drug-likeness (QED) is 0.366. The SMILES string of the molecule is CC1=CC(=C2CC(S(=O)(=O)C(C(F)(F)F)C(F)(F)F)=CC=C2Oc2cccc(C(C)(C)C)c2)c2cc[nH]c2N1O. The van der Waals surface area contributed by atoms with Crippen LogP contribution in [0.3, 0.4) is 0 Å². The van der Waals surface area contributed by atoms with Crippen molar-refractivity contribution >= 4 is 21.2 Å². The molecule has 2 N–H and O–H groups in total. The van der Waals surface area contributed by atoms with Gasteiger partial charge in [-0.25, -0.2) is 13.5 Å². The Hall–Kier alpha value is -3.45. The molecule has 0 saturated heterocycles. The minimum Gasteiger partial charge on any atom is -0.457 e. The third-order valence-electron chi connectivity index (χ3n) is 6.51. The zero-order valence-corrected chi connectivity index (χ0v) is 22.6. The van der Waals surface area contributed by atoms with Gasteiger partial charge < -0.3 is 9.72 Å². The van der Waals surface area contributed by atoms with Gasteiger partial charge in [-0.1, -0.05) is 32.9 Å². The first-order valence-corrected chi connectivity index (χ1v) is 13.5. The Kier molecular flexibility index (Phi) is 7.29. The van der Waals surface area contributed by atoms with E-state index in [-0.39, 0.29) is 33.8 Å². The fourth-order valence-corrected chi connectivity index (χ4v) is 6.09. The summed E-state index contributed by atoms with van der Waals surface area (Å²) in [6.07, 6.45) is -8.33. The van der Waals surface area contributed by atoms with E-state index in [0.29, 0.717) is 17.4 Å². The van der Waals surface area contributed by atoms with E-state index in [1.807, 2.05) is 26.8 Å². The van der Waals surface area contributed by atoms with E-state index in [2.05, 4.69) is 4.98 Å². The molecular formula is C27H26F6N2O4S. The lowest BCUT2D eigenvalue weighted by molar-refractivity contribution is -0.225. The number of benzene rings is 1. The largest absolute Gasteiger partial charge is 0.457 e. The van der Waals surface area contributed by atoms with Crippen LogP contribution in [0, 0.1) is 0 Å². The van der Waals surface area contributed by atoms with Crippen molar-refractivity contribution < 1.29 is 44.7 Å². The predicted octanol–water partition coefficient (Wildman–Crippen LogP) is 7.34. The zero-order chi connectivity index (χ0) is 29.8. The number of sulfone groups is 1. The Morgan fingerprint density at radius 3 is 2.27 bits per heavy atom. The highest BCUT2D eigenvalue weighted by molar-refractivity contribution is 7.96. The number of hydrogen-bond donors (Lipinski definition) is 2. The molecule has 216 valence electrons. The van der Waals surface area contributed by atoms with Crippen molar-refractivity contribution in [2.75, 3.05) is 5.06 Å². The topological polar surface area (TPSA) is 82.6 Å². The Labute approximate surface area is 226 Å². The van der Waals surface area contributed by atoms with Gasteiger partial charge in [0.1, 0.15) is 17.3 Å². The van der Waals surface area contributed by atoms with Gasteiger partial charge >= 0.3 is 12.4 Å². The molecular weight excluding hydrogens is 562 g/mol. The molecule has 1 aromatic heterocycles. The van der Waals surface area contributed by atoms with Crippen LogP contribution in [0.2, 0.25) is 0 Å². The van der Waals surface area contributed by atoms with E-state index < -0.39 is 38.8 Å². The molecule has 4 rings (SSSR count). The van der Waals surface area contributed by atoms with Crippen molar-refractivity contribution in [1.82, 2.24) is 4.98 Å². The van der Waals surface area contributed by atoms with Crippen LogP contribution in [0.5, 0.6) is 5.75 Å². The molecule has 0 amide bonds. The summed E-state index contributed by atoms with van der Waals surface area (Å²) in [5.41, 5.74) is 1.51. The minimum absolute atomic E-state index is 0.0261. The second-order valence-corrected chi connectivity index (χ2v) is 12.5. The highest BCUT2D eigenvalue weighted by atomic mass is 32.2. The molecule has 0 radical (unpaired) electrons. The molecule has 2 aliphatic rings. The number of hydrogen-bond acceptors (Lipinski definition) is 5. The van der Waals surface area contributed by atoms with Gasteiger partial charge in [-0.2, -0.15) is 26.3 Å². The molecule has 1 aliphatic carbocycles. The number of nitrogens with zero attached hydrogens (tertiary/aromatic N) is 1. The van der Waals surface area contributed by atoms with Crippen molar-refractivity contribution in [1.29, 1.82) is 0 Å². The van der Waals surface area contributed by atoms with Crippen LogP contribution in [-0.4, -0.2) is 36.2 Å². The van der Waals surface area contributed by atoms with Gasteiger partial charge in [-0.05, 0) is 59.9 Å². The maximum atomic E-state index is 13.4. The lowest BCUT2D eigenvalue weighted by atomic mass is 9.87. The van der Waals surface area contributed by atoms with Crippen LogP contribution in [-0.2, 0) is 15.3 Å². The Balaban J connectivity index is 1.91. The van der Waals surface area contributed by atoms with E-state index in [4.69, 9.17) is 4.74 Å². The maximum absolute atomic E-state index is 13.4. The number of ether oxygens (including phenoxy) is 1. The fourth-order valence-electron chi connectivity index (χ4n) is 4.48. The first-order chi connectivity index (χ1) is 18.3. The molecule has 6 nitrogen and oxygen atoms in total. The summed E-state index contributed by atoms with van der Waals surface area (Å²) < 4.78 is 112. The van der Waals surface area contributed by atoms with Crippen molar-refractivity contribution in [2.24, 2.45) is 0 Å². The molecule has 0 spiro atoms. The molecule has 2 heterocycles. The van der Waals surface area contributed by atoms with Gasteiger partial charge in [-0.15, -0.1) is 0 Å². The number of allylic oxidation sites excluding steroid dienone is 7. The first kappa shape index (κ1) is 29.5. The average Bonchev–Trinajstić information content (AvgIpc) is 3.29. The maximum Gasteiger partial charge on any atom is 0.414 e. The smallest absolute Gasteiger partial charge is 0.414 e. The normalized spacial score (nSPS) is 18.8. The predicted molar refractivity (Wildman–Crippen MR) is 137 cm³/mol. The highest BCUT2D eigenvalue weighted by Crippen LogP contribution is 2.46. The Morgan fingerprint density at radius 2 is 1.68 bits per heavy atom. The summed E-state index contributed by atoms with van der Waals surface area (Å²) in [5, 5.41) is 6.61.